The van der Waals surface area contributed by atoms with Crippen molar-refractivity contribution in [3.05, 3.63) is 35.3 Å². The van der Waals surface area contributed by atoms with Crippen LogP contribution < -0.4 is 10.1 Å². The van der Waals surface area contributed by atoms with Gasteiger partial charge in [-0.3, -0.25) is 9.67 Å². The number of nitrogens with one attached hydrogen (secondary N) is 1. The molecule has 0 unspecified atom stereocenters. The Hall–Kier alpha value is -2.04. The Kier molecular flexibility index (Phi) is 3.50. The van der Waals surface area contributed by atoms with E-state index in [9.17, 15) is 0 Å². The van der Waals surface area contributed by atoms with Crippen LogP contribution in [0.4, 0.5) is 5.82 Å². The maximum Gasteiger partial charge on any atom is 0.148 e. The summed E-state index contributed by atoms with van der Waals surface area (Å²) in [4.78, 5) is 4.43. The molecule has 0 amide bonds. The molecule has 0 aliphatic heterocycles. The quantitative estimate of drug-likeness (QED) is 0.897. The second kappa shape index (κ2) is 5.08. The van der Waals surface area contributed by atoms with Crippen LogP contribution in [0.3, 0.4) is 0 Å². The van der Waals surface area contributed by atoms with Gasteiger partial charge in [0.15, 0.2) is 0 Å². The maximum atomic E-state index is 5.39. The molecule has 1 N–H and O–H groups in total. The van der Waals surface area contributed by atoms with Crippen molar-refractivity contribution in [2.75, 3.05) is 12.4 Å². The molecule has 18 heavy (non-hydrogen) atoms. The average Bonchev–Trinajstić information content (AvgIpc) is 2.75. The van der Waals surface area contributed by atoms with Gasteiger partial charge in [-0.05, 0) is 13.8 Å². The Balaban J connectivity index is 2.14. The Bertz CT molecular complexity index is 548. The zero-order valence-electron chi connectivity index (χ0n) is 11.2. The molecular weight excluding hydrogens is 228 g/mol. The van der Waals surface area contributed by atoms with E-state index < -0.39 is 0 Å². The van der Waals surface area contributed by atoms with E-state index in [1.807, 2.05) is 39.4 Å². The van der Waals surface area contributed by atoms with E-state index in [0.29, 0.717) is 6.54 Å². The third-order valence-corrected chi connectivity index (χ3v) is 2.90. The largest absolute Gasteiger partial charge is 0.496 e. The zero-order valence-corrected chi connectivity index (χ0v) is 11.2. The van der Waals surface area contributed by atoms with Crippen molar-refractivity contribution in [1.29, 1.82) is 0 Å². The van der Waals surface area contributed by atoms with E-state index in [4.69, 9.17) is 4.74 Å². The lowest BCUT2D eigenvalue weighted by atomic mass is 10.1. The van der Waals surface area contributed by atoms with Crippen LogP contribution in [0.2, 0.25) is 0 Å². The van der Waals surface area contributed by atoms with Crippen molar-refractivity contribution in [3.8, 4) is 5.75 Å². The number of rotatable bonds is 4. The summed E-state index contributed by atoms with van der Waals surface area (Å²) >= 11 is 0. The SMILES string of the molecule is COc1c(C)cnc(CNc2ccn(C)n2)c1C. The number of anilines is 1. The van der Waals surface area contributed by atoms with Crippen LogP contribution in [0.15, 0.2) is 18.5 Å². The molecule has 2 aromatic heterocycles. The number of nitrogens with zero attached hydrogens (tertiary/aromatic N) is 3. The molecule has 96 valence electrons. The third-order valence-electron chi connectivity index (χ3n) is 2.90. The van der Waals surface area contributed by atoms with Gasteiger partial charge in [-0.25, -0.2) is 0 Å². The molecule has 5 heteroatoms. The van der Waals surface area contributed by atoms with Gasteiger partial charge in [0, 0.05) is 36.6 Å². The van der Waals surface area contributed by atoms with Gasteiger partial charge in [0.1, 0.15) is 11.6 Å². The molecule has 0 aromatic carbocycles. The van der Waals surface area contributed by atoms with Gasteiger partial charge in [0.25, 0.3) is 0 Å². The summed E-state index contributed by atoms with van der Waals surface area (Å²) in [5.41, 5.74) is 3.10. The molecule has 0 aliphatic carbocycles. The predicted molar refractivity (Wildman–Crippen MR) is 70.8 cm³/mol. The van der Waals surface area contributed by atoms with Crippen LogP contribution >= 0.6 is 0 Å². The van der Waals surface area contributed by atoms with E-state index in [2.05, 4.69) is 15.4 Å². The first-order valence-corrected chi connectivity index (χ1v) is 5.84. The molecule has 0 bridgehead atoms. The molecule has 0 radical (unpaired) electrons. The van der Waals surface area contributed by atoms with E-state index in [-0.39, 0.29) is 0 Å². The molecule has 2 aromatic rings. The molecule has 0 spiro atoms. The van der Waals surface area contributed by atoms with Crippen LogP contribution in [0.5, 0.6) is 5.75 Å². The zero-order chi connectivity index (χ0) is 13.1. The van der Waals surface area contributed by atoms with E-state index in [0.717, 1.165) is 28.4 Å². The first kappa shape index (κ1) is 12.4. The fourth-order valence-corrected chi connectivity index (χ4v) is 1.93. The fourth-order valence-electron chi connectivity index (χ4n) is 1.93. The summed E-state index contributed by atoms with van der Waals surface area (Å²) < 4.78 is 7.15. The first-order chi connectivity index (χ1) is 8.61. The normalized spacial score (nSPS) is 10.4. The first-order valence-electron chi connectivity index (χ1n) is 5.84. The lowest BCUT2D eigenvalue weighted by molar-refractivity contribution is 0.407. The van der Waals surface area contributed by atoms with Crippen molar-refractivity contribution in [1.82, 2.24) is 14.8 Å². The standard InChI is InChI=1S/C13H18N4O/c1-9-7-14-11(10(2)13(9)18-4)8-15-12-5-6-17(3)16-12/h5-7H,8H2,1-4H3,(H,15,16). The molecule has 2 rings (SSSR count). The number of hydrogen-bond acceptors (Lipinski definition) is 4. The fraction of sp³-hybridized carbons (Fsp3) is 0.385. The Morgan fingerprint density at radius 3 is 2.78 bits per heavy atom. The topological polar surface area (TPSA) is 52.0 Å². The van der Waals surface area contributed by atoms with E-state index >= 15 is 0 Å². The maximum absolute atomic E-state index is 5.39. The number of aryl methyl sites for hydroxylation is 2. The number of aromatic nitrogens is 3. The third kappa shape index (κ3) is 2.45. The average molecular weight is 246 g/mol. The highest BCUT2D eigenvalue weighted by molar-refractivity contribution is 5.42. The molecule has 5 nitrogen and oxygen atoms in total. The minimum absolute atomic E-state index is 0.638. The van der Waals surface area contributed by atoms with Crippen molar-refractivity contribution in [3.63, 3.8) is 0 Å². The minimum Gasteiger partial charge on any atom is -0.496 e. The highest BCUT2D eigenvalue weighted by Crippen LogP contribution is 2.24. The Morgan fingerprint density at radius 1 is 1.39 bits per heavy atom. The molecule has 0 fully saturated rings. The van der Waals surface area contributed by atoms with Crippen molar-refractivity contribution >= 4 is 5.82 Å². The van der Waals surface area contributed by atoms with Gasteiger partial charge in [-0.1, -0.05) is 0 Å². The molecule has 0 saturated carbocycles. The molecule has 2 heterocycles. The van der Waals surface area contributed by atoms with Crippen molar-refractivity contribution < 1.29 is 4.74 Å². The number of pyridine rings is 1. The van der Waals surface area contributed by atoms with Crippen LogP contribution in [0.1, 0.15) is 16.8 Å². The smallest absolute Gasteiger partial charge is 0.148 e. The summed E-state index contributed by atoms with van der Waals surface area (Å²) in [7, 11) is 3.58. The molecule has 0 saturated heterocycles. The van der Waals surface area contributed by atoms with Gasteiger partial charge in [-0.15, -0.1) is 0 Å². The highest BCUT2D eigenvalue weighted by Gasteiger charge is 2.09. The van der Waals surface area contributed by atoms with Gasteiger partial charge in [0.2, 0.25) is 0 Å². The summed E-state index contributed by atoms with van der Waals surface area (Å²) in [5.74, 6) is 1.75. The van der Waals surface area contributed by atoms with Gasteiger partial charge in [-0.2, -0.15) is 5.10 Å². The summed E-state index contributed by atoms with van der Waals surface area (Å²) in [6.07, 6.45) is 3.74. The van der Waals surface area contributed by atoms with Crippen LogP contribution in [0.25, 0.3) is 0 Å². The molecule has 0 aliphatic rings. The van der Waals surface area contributed by atoms with E-state index in [1.54, 1.807) is 11.8 Å². The van der Waals surface area contributed by atoms with Crippen LogP contribution in [-0.4, -0.2) is 21.9 Å². The van der Waals surface area contributed by atoms with Crippen LogP contribution in [-0.2, 0) is 13.6 Å². The molecule has 0 atom stereocenters. The van der Waals surface area contributed by atoms with E-state index in [1.165, 1.54) is 0 Å². The Labute approximate surface area is 107 Å². The number of ether oxygens (including phenoxy) is 1. The van der Waals surface area contributed by atoms with Gasteiger partial charge < -0.3 is 10.1 Å². The monoisotopic (exact) mass is 246 g/mol. The predicted octanol–water partition coefficient (Wildman–Crippen LogP) is 2.05. The second-order valence-electron chi connectivity index (χ2n) is 4.27. The van der Waals surface area contributed by atoms with Gasteiger partial charge >= 0.3 is 0 Å². The van der Waals surface area contributed by atoms with Crippen molar-refractivity contribution in [2.24, 2.45) is 7.05 Å². The minimum atomic E-state index is 0.638. The summed E-state index contributed by atoms with van der Waals surface area (Å²) in [5, 5.41) is 7.51. The number of hydrogen-bond donors (Lipinski definition) is 1. The van der Waals surface area contributed by atoms with Crippen LogP contribution in [0, 0.1) is 13.8 Å². The lowest BCUT2D eigenvalue weighted by Gasteiger charge is -2.12. The summed E-state index contributed by atoms with van der Waals surface area (Å²) in [6, 6.07) is 1.93. The molecular formula is C13H18N4O. The lowest BCUT2D eigenvalue weighted by Crippen LogP contribution is -2.06. The highest BCUT2D eigenvalue weighted by atomic mass is 16.5. The van der Waals surface area contributed by atoms with Gasteiger partial charge in [0.05, 0.1) is 19.3 Å². The second-order valence-corrected chi connectivity index (χ2v) is 4.27. The van der Waals surface area contributed by atoms with Crippen molar-refractivity contribution in [2.45, 2.75) is 20.4 Å². The Morgan fingerprint density at radius 2 is 2.17 bits per heavy atom. The number of methoxy groups -OCH3 is 1. The summed E-state index contributed by atoms with van der Waals surface area (Å²) in [6.45, 7) is 4.66.